The quantitative estimate of drug-likeness (QED) is 0.672. The van der Waals surface area contributed by atoms with Crippen LogP contribution in [0.5, 0.6) is 0 Å². The van der Waals surface area contributed by atoms with E-state index in [1.54, 1.807) is 6.07 Å². The van der Waals surface area contributed by atoms with Gasteiger partial charge in [-0.05, 0) is 24.3 Å². The number of carbonyl (C=O) groups is 3. The van der Waals surface area contributed by atoms with Crippen molar-refractivity contribution in [1.29, 1.82) is 0 Å². The Kier molecular flexibility index (Phi) is 5.42. The molecule has 0 spiro atoms. The molecule has 0 unspecified atom stereocenters. The van der Waals surface area contributed by atoms with Gasteiger partial charge in [0.15, 0.2) is 0 Å². The second kappa shape index (κ2) is 7.69. The minimum absolute atomic E-state index is 0.190. The van der Waals surface area contributed by atoms with Crippen LogP contribution in [-0.4, -0.2) is 33.0 Å². The van der Waals surface area contributed by atoms with Crippen LogP contribution in [0.25, 0.3) is 10.9 Å². The molecular weight excluding hydrogens is 324 g/mol. The van der Waals surface area contributed by atoms with Crippen molar-refractivity contribution in [1.82, 2.24) is 4.98 Å². The van der Waals surface area contributed by atoms with Crippen molar-refractivity contribution in [2.24, 2.45) is 5.73 Å². The number of benzene rings is 2. The number of carbonyl (C=O) groups excluding carboxylic acids is 1. The average Bonchev–Trinajstić information content (AvgIpc) is 2.61. The summed E-state index contributed by atoms with van der Waals surface area (Å²) in [6.45, 7) is 0. The fourth-order valence-electron chi connectivity index (χ4n) is 2.06. The van der Waals surface area contributed by atoms with Crippen LogP contribution in [-0.2, 0) is 0 Å². The molecule has 7 heteroatoms. The van der Waals surface area contributed by atoms with E-state index in [1.165, 1.54) is 24.3 Å². The summed E-state index contributed by atoms with van der Waals surface area (Å²) in [5.74, 6) is -2.95. The van der Waals surface area contributed by atoms with Gasteiger partial charge in [0.25, 0.3) is 5.91 Å². The van der Waals surface area contributed by atoms with Gasteiger partial charge in [0.2, 0.25) is 0 Å². The number of amides is 1. The summed E-state index contributed by atoms with van der Waals surface area (Å²) in [4.78, 5) is 35.8. The molecule has 0 atom stereocenters. The van der Waals surface area contributed by atoms with Crippen LogP contribution in [0, 0.1) is 0 Å². The van der Waals surface area contributed by atoms with E-state index in [0.717, 1.165) is 10.9 Å². The van der Waals surface area contributed by atoms with E-state index in [9.17, 15) is 14.4 Å². The highest BCUT2D eigenvalue weighted by atomic mass is 16.4. The highest BCUT2D eigenvalue weighted by molar-refractivity contribution is 6.01. The van der Waals surface area contributed by atoms with E-state index >= 15 is 0 Å². The molecule has 3 aromatic rings. The van der Waals surface area contributed by atoms with Crippen LogP contribution >= 0.6 is 0 Å². The molecule has 1 amide bonds. The number of aromatic carboxylic acids is 2. The van der Waals surface area contributed by atoms with Crippen LogP contribution in [0.3, 0.4) is 0 Å². The molecule has 2 aromatic carbocycles. The van der Waals surface area contributed by atoms with Gasteiger partial charge in [-0.15, -0.1) is 0 Å². The lowest BCUT2D eigenvalue weighted by atomic mass is 10.1. The number of aromatic nitrogens is 1. The van der Waals surface area contributed by atoms with Crippen molar-refractivity contribution in [2.75, 3.05) is 0 Å². The topological polar surface area (TPSA) is 131 Å². The molecule has 4 N–H and O–H groups in total. The van der Waals surface area contributed by atoms with Crippen molar-refractivity contribution < 1.29 is 24.6 Å². The second-order valence-electron chi connectivity index (χ2n) is 4.91. The lowest BCUT2D eigenvalue weighted by Gasteiger charge is -1.98. The first-order chi connectivity index (χ1) is 11.9. The number of nitrogens with two attached hydrogens (primary N) is 1. The fraction of sp³-hybridized carbons (Fsp3) is 0. The lowest BCUT2D eigenvalue weighted by molar-refractivity contribution is 0.0651. The number of carboxylic acids is 2. The Hall–Kier alpha value is -3.74. The van der Waals surface area contributed by atoms with Gasteiger partial charge in [-0.2, -0.15) is 0 Å². The SMILES string of the molecule is NC(=O)c1ccc2ccccc2n1.O=C(O)c1ccccc1C(=O)O. The van der Waals surface area contributed by atoms with Crippen LogP contribution < -0.4 is 5.73 Å². The van der Waals surface area contributed by atoms with Crippen molar-refractivity contribution in [3.8, 4) is 0 Å². The molecule has 7 nitrogen and oxygen atoms in total. The molecule has 1 aromatic heterocycles. The molecule has 0 fully saturated rings. The minimum atomic E-state index is -1.23. The van der Waals surface area contributed by atoms with Gasteiger partial charge < -0.3 is 15.9 Å². The monoisotopic (exact) mass is 338 g/mol. The Balaban J connectivity index is 0.000000181. The highest BCUT2D eigenvalue weighted by Crippen LogP contribution is 2.11. The summed E-state index contributed by atoms with van der Waals surface area (Å²) in [5, 5.41) is 18.1. The number of pyridine rings is 1. The van der Waals surface area contributed by atoms with Crippen molar-refractivity contribution in [3.05, 3.63) is 77.5 Å². The summed E-state index contributed by atoms with van der Waals surface area (Å²) < 4.78 is 0. The summed E-state index contributed by atoms with van der Waals surface area (Å²) in [6.07, 6.45) is 0. The number of fused-ring (bicyclic) bond motifs is 1. The number of nitrogens with zero attached hydrogens (tertiary/aromatic N) is 1. The molecule has 0 radical (unpaired) electrons. The summed E-state index contributed by atoms with van der Waals surface area (Å²) in [7, 11) is 0. The Morgan fingerprint density at radius 2 is 1.28 bits per heavy atom. The molecule has 1 heterocycles. The van der Waals surface area contributed by atoms with Gasteiger partial charge in [0.1, 0.15) is 5.69 Å². The molecule has 0 aliphatic rings. The van der Waals surface area contributed by atoms with Crippen molar-refractivity contribution in [2.45, 2.75) is 0 Å². The number of hydrogen-bond donors (Lipinski definition) is 3. The zero-order chi connectivity index (χ0) is 18.4. The first-order valence-electron chi connectivity index (χ1n) is 7.11. The number of carboxylic acid groups (broad SMARTS) is 2. The van der Waals surface area contributed by atoms with Gasteiger partial charge in [-0.3, -0.25) is 4.79 Å². The Labute approximate surface area is 142 Å². The average molecular weight is 338 g/mol. The maximum Gasteiger partial charge on any atom is 0.336 e. The first-order valence-corrected chi connectivity index (χ1v) is 7.11. The number of rotatable bonds is 3. The fourth-order valence-corrected chi connectivity index (χ4v) is 2.06. The third-order valence-corrected chi connectivity index (χ3v) is 3.24. The Bertz CT molecular complexity index is 920. The van der Waals surface area contributed by atoms with Crippen molar-refractivity contribution in [3.63, 3.8) is 0 Å². The molecule has 0 bridgehead atoms. The molecule has 3 rings (SSSR count). The third-order valence-electron chi connectivity index (χ3n) is 3.24. The van der Waals surface area contributed by atoms with Gasteiger partial charge in [-0.1, -0.05) is 36.4 Å². The molecular formula is C18H14N2O5. The van der Waals surface area contributed by atoms with Crippen LogP contribution in [0.1, 0.15) is 31.2 Å². The number of primary amides is 1. The summed E-state index contributed by atoms with van der Waals surface area (Å²) >= 11 is 0. The second-order valence-corrected chi connectivity index (χ2v) is 4.91. The van der Waals surface area contributed by atoms with Gasteiger partial charge in [-0.25, -0.2) is 14.6 Å². The largest absolute Gasteiger partial charge is 0.478 e. The summed E-state index contributed by atoms with van der Waals surface area (Å²) in [5.41, 5.74) is 5.82. The van der Waals surface area contributed by atoms with E-state index in [-0.39, 0.29) is 11.1 Å². The molecule has 0 saturated carbocycles. The van der Waals surface area contributed by atoms with E-state index < -0.39 is 17.8 Å². The highest BCUT2D eigenvalue weighted by Gasteiger charge is 2.13. The van der Waals surface area contributed by atoms with E-state index in [2.05, 4.69) is 4.98 Å². The lowest BCUT2D eigenvalue weighted by Crippen LogP contribution is -2.12. The molecule has 0 saturated heterocycles. The first kappa shape index (κ1) is 17.6. The van der Waals surface area contributed by atoms with Gasteiger partial charge >= 0.3 is 11.9 Å². The molecule has 25 heavy (non-hydrogen) atoms. The Morgan fingerprint density at radius 1 is 0.760 bits per heavy atom. The smallest absolute Gasteiger partial charge is 0.336 e. The van der Waals surface area contributed by atoms with Crippen LogP contribution in [0.2, 0.25) is 0 Å². The Morgan fingerprint density at radius 3 is 1.80 bits per heavy atom. The predicted octanol–water partition coefficient (Wildman–Crippen LogP) is 2.42. The standard InChI is InChI=1S/C10H8N2O.C8H6O4/c11-10(13)9-6-5-7-3-1-2-4-8(7)12-9;9-7(10)5-3-1-2-4-6(5)8(11)12/h1-6H,(H2,11,13);1-4H,(H,9,10)(H,11,12). The normalized spacial score (nSPS) is 9.76. The number of para-hydroxylation sites is 1. The maximum absolute atomic E-state index is 10.8. The maximum atomic E-state index is 10.8. The molecule has 0 aliphatic heterocycles. The molecule has 0 aliphatic carbocycles. The summed E-state index contributed by atoms with van der Waals surface area (Å²) in [6, 6.07) is 16.5. The van der Waals surface area contributed by atoms with Gasteiger partial charge in [0.05, 0.1) is 16.6 Å². The van der Waals surface area contributed by atoms with E-state index in [1.807, 2.05) is 30.3 Å². The van der Waals surface area contributed by atoms with Crippen molar-refractivity contribution >= 4 is 28.7 Å². The zero-order valence-electron chi connectivity index (χ0n) is 12.9. The number of hydrogen-bond acceptors (Lipinski definition) is 4. The predicted molar refractivity (Wildman–Crippen MR) is 90.6 cm³/mol. The van der Waals surface area contributed by atoms with Gasteiger partial charge in [0, 0.05) is 5.39 Å². The third kappa shape index (κ3) is 4.38. The van der Waals surface area contributed by atoms with Crippen LogP contribution in [0.4, 0.5) is 0 Å². The molecule has 126 valence electrons. The van der Waals surface area contributed by atoms with E-state index in [0.29, 0.717) is 5.69 Å². The van der Waals surface area contributed by atoms with E-state index in [4.69, 9.17) is 15.9 Å². The zero-order valence-corrected chi connectivity index (χ0v) is 12.9. The van der Waals surface area contributed by atoms with Crippen LogP contribution in [0.15, 0.2) is 60.7 Å². The minimum Gasteiger partial charge on any atom is -0.478 e.